The Morgan fingerprint density at radius 2 is 1.92 bits per heavy atom. The summed E-state index contributed by atoms with van der Waals surface area (Å²) in [5.74, 6) is 0.853. The van der Waals surface area contributed by atoms with Gasteiger partial charge in [-0.1, -0.05) is 30.3 Å². The summed E-state index contributed by atoms with van der Waals surface area (Å²) in [5.41, 5.74) is 8.16. The first kappa shape index (κ1) is 18.3. The number of amides is 1. The summed E-state index contributed by atoms with van der Waals surface area (Å²) >= 11 is 0. The number of ether oxygens (including phenoxy) is 1. The number of likely N-dealkylation sites (tertiary alicyclic amines) is 1. The summed E-state index contributed by atoms with van der Waals surface area (Å²) in [6.45, 7) is 3.94. The smallest absolute Gasteiger partial charge is 0.250 e. The average Bonchev–Trinajstić information content (AvgIpc) is 2.69. The van der Waals surface area contributed by atoms with Crippen molar-refractivity contribution in [2.75, 3.05) is 38.6 Å². The van der Waals surface area contributed by atoms with Gasteiger partial charge < -0.3 is 20.7 Å². The second kappa shape index (κ2) is 8.72. The number of piperidine rings is 1. The maximum absolute atomic E-state index is 11.6. The molecule has 0 bridgehead atoms. The molecule has 1 heterocycles. The predicted molar refractivity (Wildman–Crippen MR) is 105 cm³/mol. The molecule has 1 aliphatic heterocycles. The molecule has 1 saturated heterocycles. The lowest BCUT2D eigenvalue weighted by Crippen LogP contribution is -2.36. The standard InChI is InChI=1S/C21H27N3O2/c1-26-18-7-8-20(19(15-18)21(22)25)23-11-14-24-12-9-17(10-13-24)16-5-3-2-4-6-16/h2-8,15,17,23H,9-14H2,1H3,(H2,22,25). The number of nitrogens with one attached hydrogen (secondary N) is 1. The molecule has 3 rings (SSSR count). The number of primary amides is 1. The Hall–Kier alpha value is -2.53. The zero-order chi connectivity index (χ0) is 18.4. The molecule has 0 spiro atoms. The van der Waals surface area contributed by atoms with Crippen molar-refractivity contribution in [2.45, 2.75) is 18.8 Å². The number of hydrogen-bond acceptors (Lipinski definition) is 4. The molecule has 3 N–H and O–H groups in total. The molecule has 0 aliphatic carbocycles. The van der Waals surface area contributed by atoms with Crippen LogP contribution in [0.1, 0.15) is 34.7 Å². The number of carbonyl (C=O) groups excluding carboxylic acids is 1. The van der Waals surface area contributed by atoms with Crippen LogP contribution in [0.4, 0.5) is 5.69 Å². The van der Waals surface area contributed by atoms with Crippen molar-refractivity contribution in [3.05, 3.63) is 59.7 Å². The first-order valence-corrected chi connectivity index (χ1v) is 9.16. The van der Waals surface area contributed by atoms with Gasteiger partial charge in [-0.2, -0.15) is 0 Å². The third kappa shape index (κ3) is 4.55. The SMILES string of the molecule is COc1ccc(NCCN2CCC(c3ccccc3)CC2)c(C(N)=O)c1. The molecule has 0 aromatic heterocycles. The number of nitrogens with two attached hydrogens (primary N) is 1. The van der Waals surface area contributed by atoms with E-state index in [1.165, 1.54) is 18.4 Å². The number of anilines is 1. The molecule has 1 amide bonds. The summed E-state index contributed by atoms with van der Waals surface area (Å²) in [6.07, 6.45) is 2.39. The predicted octanol–water partition coefficient (Wildman–Crippen LogP) is 3.09. The van der Waals surface area contributed by atoms with Crippen LogP contribution in [0.3, 0.4) is 0 Å². The van der Waals surface area contributed by atoms with Crippen molar-refractivity contribution in [3.63, 3.8) is 0 Å². The van der Waals surface area contributed by atoms with Gasteiger partial charge in [0.1, 0.15) is 5.75 Å². The maximum Gasteiger partial charge on any atom is 0.250 e. The van der Waals surface area contributed by atoms with Crippen molar-refractivity contribution < 1.29 is 9.53 Å². The van der Waals surface area contributed by atoms with Crippen LogP contribution in [-0.4, -0.2) is 44.1 Å². The van der Waals surface area contributed by atoms with Crippen molar-refractivity contribution in [1.82, 2.24) is 4.90 Å². The van der Waals surface area contributed by atoms with Gasteiger partial charge in [0.2, 0.25) is 0 Å². The molecule has 26 heavy (non-hydrogen) atoms. The fourth-order valence-electron chi connectivity index (χ4n) is 3.57. The van der Waals surface area contributed by atoms with Crippen LogP contribution in [0, 0.1) is 0 Å². The van der Waals surface area contributed by atoms with Crippen LogP contribution < -0.4 is 15.8 Å². The number of carbonyl (C=O) groups is 1. The lowest BCUT2D eigenvalue weighted by atomic mass is 9.89. The molecule has 138 valence electrons. The minimum absolute atomic E-state index is 0.449. The van der Waals surface area contributed by atoms with E-state index in [-0.39, 0.29) is 0 Å². The fourth-order valence-corrected chi connectivity index (χ4v) is 3.57. The Balaban J connectivity index is 1.48. The molecule has 5 heteroatoms. The highest BCUT2D eigenvalue weighted by atomic mass is 16.5. The topological polar surface area (TPSA) is 67.6 Å². The normalized spacial score (nSPS) is 15.6. The number of hydrogen-bond donors (Lipinski definition) is 2. The molecule has 2 aromatic carbocycles. The third-order valence-electron chi connectivity index (χ3n) is 5.09. The molecular weight excluding hydrogens is 326 g/mol. The Kier molecular flexibility index (Phi) is 6.12. The van der Waals surface area contributed by atoms with Crippen LogP contribution in [-0.2, 0) is 0 Å². The number of methoxy groups -OCH3 is 1. The van der Waals surface area contributed by atoms with E-state index < -0.39 is 5.91 Å². The second-order valence-corrected chi connectivity index (χ2v) is 6.73. The van der Waals surface area contributed by atoms with E-state index in [9.17, 15) is 4.79 Å². The summed E-state index contributed by atoms with van der Waals surface area (Å²) < 4.78 is 5.16. The molecule has 1 fully saturated rings. The van der Waals surface area contributed by atoms with Gasteiger partial charge in [-0.25, -0.2) is 0 Å². The van der Waals surface area contributed by atoms with E-state index >= 15 is 0 Å². The van der Waals surface area contributed by atoms with Gasteiger partial charge in [0.15, 0.2) is 0 Å². The Bertz CT molecular complexity index is 725. The lowest BCUT2D eigenvalue weighted by molar-refractivity contribution is 0.100. The van der Waals surface area contributed by atoms with Gasteiger partial charge in [-0.15, -0.1) is 0 Å². The largest absolute Gasteiger partial charge is 0.497 e. The van der Waals surface area contributed by atoms with Crippen LogP contribution in [0.25, 0.3) is 0 Å². The minimum atomic E-state index is -0.449. The van der Waals surface area contributed by atoms with Gasteiger partial charge in [-0.3, -0.25) is 4.79 Å². The van der Waals surface area contributed by atoms with E-state index in [1.807, 2.05) is 12.1 Å². The van der Waals surface area contributed by atoms with Crippen LogP contribution in [0.2, 0.25) is 0 Å². The summed E-state index contributed by atoms with van der Waals surface area (Å²) in [6, 6.07) is 16.1. The number of nitrogens with zero attached hydrogens (tertiary/aromatic N) is 1. The van der Waals surface area contributed by atoms with Crippen molar-refractivity contribution in [1.29, 1.82) is 0 Å². The molecule has 2 aromatic rings. The highest BCUT2D eigenvalue weighted by Gasteiger charge is 2.20. The fraction of sp³-hybridized carbons (Fsp3) is 0.381. The summed E-state index contributed by atoms with van der Waals surface area (Å²) in [4.78, 5) is 14.1. The zero-order valence-electron chi connectivity index (χ0n) is 15.3. The molecule has 5 nitrogen and oxygen atoms in total. The first-order valence-electron chi connectivity index (χ1n) is 9.16. The van der Waals surface area contributed by atoms with Crippen LogP contribution >= 0.6 is 0 Å². The van der Waals surface area contributed by atoms with Crippen LogP contribution in [0.5, 0.6) is 5.75 Å². The van der Waals surface area contributed by atoms with Gasteiger partial charge in [0.05, 0.1) is 12.7 Å². The molecule has 0 radical (unpaired) electrons. The average molecular weight is 353 g/mol. The Morgan fingerprint density at radius 3 is 2.58 bits per heavy atom. The monoisotopic (exact) mass is 353 g/mol. The third-order valence-corrected chi connectivity index (χ3v) is 5.09. The second-order valence-electron chi connectivity index (χ2n) is 6.73. The van der Waals surface area contributed by atoms with E-state index in [0.29, 0.717) is 17.2 Å². The zero-order valence-corrected chi connectivity index (χ0v) is 15.3. The van der Waals surface area contributed by atoms with E-state index in [2.05, 4.69) is 40.5 Å². The van der Waals surface area contributed by atoms with Gasteiger partial charge >= 0.3 is 0 Å². The molecular formula is C21H27N3O2. The number of benzene rings is 2. The Labute approximate surface area is 155 Å². The maximum atomic E-state index is 11.6. The van der Waals surface area contributed by atoms with E-state index in [1.54, 1.807) is 13.2 Å². The highest BCUT2D eigenvalue weighted by molar-refractivity contribution is 5.98. The quantitative estimate of drug-likeness (QED) is 0.803. The van der Waals surface area contributed by atoms with Crippen molar-refractivity contribution >= 4 is 11.6 Å². The van der Waals surface area contributed by atoms with Gasteiger partial charge in [-0.05, 0) is 55.6 Å². The van der Waals surface area contributed by atoms with Crippen molar-refractivity contribution in [3.8, 4) is 5.75 Å². The van der Waals surface area contributed by atoms with E-state index in [4.69, 9.17) is 10.5 Å². The molecule has 1 aliphatic rings. The van der Waals surface area contributed by atoms with E-state index in [0.717, 1.165) is 31.9 Å². The van der Waals surface area contributed by atoms with Gasteiger partial charge in [0.25, 0.3) is 5.91 Å². The summed E-state index contributed by atoms with van der Waals surface area (Å²) in [7, 11) is 1.58. The van der Waals surface area contributed by atoms with Crippen LogP contribution in [0.15, 0.2) is 48.5 Å². The lowest BCUT2D eigenvalue weighted by Gasteiger charge is -2.32. The number of rotatable bonds is 7. The van der Waals surface area contributed by atoms with Gasteiger partial charge in [0, 0.05) is 18.8 Å². The molecule has 0 unspecified atom stereocenters. The van der Waals surface area contributed by atoms with Crippen molar-refractivity contribution in [2.24, 2.45) is 5.73 Å². The minimum Gasteiger partial charge on any atom is -0.497 e. The first-order chi connectivity index (χ1) is 12.7. The highest BCUT2D eigenvalue weighted by Crippen LogP contribution is 2.27. The Morgan fingerprint density at radius 1 is 1.19 bits per heavy atom. The molecule has 0 saturated carbocycles. The summed E-state index contributed by atoms with van der Waals surface area (Å²) in [5, 5.41) is 3.34. The molecule has 0 atom stereocenters.